The van der Waals surface area contributed by atoms with E-state index < -0.39 is 0 Å². The Morgan fingerprint density at radius 3 is 2.78 bits per heavy atom. The molecule has 1 aromatic heterocycles. The van der Waals surface area contributed by atoms with Crippen molar-refractivity contribution < 1.29 is 5.11 Å². The predicted molar refractivity (Wildman–Crippen MR) is 73.3 cm³/mol. The highest BCUT2D eigenvalue weighted by atomic mass is 16.3. The van der Waals surface area contributed by atoms with Gasteiger partial charge in [0.15, 0.2) is 0 Å². The van der Waals surface area contributed by atoms with Crippen LogP contribution < -0.4 is 5.32 Å². The number of hydrogen-bond acceptors (Lipinski definition) is 3. The molecule has 98 valence electrons. The number of aliphatic hydroxyl groups is 1. The summed E-state index contributed by atoms with van der Waals surface area (Å²) in [4.78, 5) is 7.34. The summed E-state index contributed by atoms with van der Waals surface area (Å²) in [5, 5.41) is 12.9. The maximum atomic E-state index is 9.57. The molecule has 2 atom stereocenters. The highest BCUT2D eigenvalue weighted by Gasteiger charge is 2.24. The second-order valence-electron chi connectivity index (χ2n) is 5.04. The summed E-state index contributed by atoms with van der Waals surface area (Å²) in [6.45, 7) is 4.46. The molecule has 0 saturated heterocycles. The van der Waals surface area contributed by atoms with Crippen LogP contribution in [0.2, 0.25) is 0 Å². The van der Waals surface area contributed by atoms with Crippen LogP contribution in [0.25, 0.3) is 11.0 Å². The Morgan fingerprint density at radius 2 is 2.17 bits per heavy atom. The van der Waals surface area contributed by atoms with Crippen LogP contribution in [0, 0.1) is 11.8 Å². The monoisotopic (exact) mass is 247 g/mol. The van der Waals surface area contributed by atoms with Gasteiger partial charge in [-0.3, -0.25) is 0 Å². The number of nitrogens with one attached hydrogen (secondary N) is 2. The van der Waals surface area contributed by atoms with Gasteiger partial charge in [0.2, 0.25) is 0 Å². The van der Waals surface area contributed by atoms with Gasteiger partial charge in [-0.15, -0.1) is 0 Å². The summed E-state index contributed by atoms with van der Waals surface area (Å²) in [7, 11) is 1.94. The third-order valence-electron chi connectivity index (χ3n) is 3.61. The lowest BCUT2D eigenvalue weighted by molar-refractivity contribution is 0.154. The lowest BCUT2D eigenvalue weighted by atomic mass is 9.85. The molecule has 1 heterocycles. The summed E-state index contributed by atoms with van der Waals surface area (Å²) in [6.07, 6.45) is 1.70. The van der Waals surface area contributed by atoms with Crippen LogP contribution in [0.15, 0.2) is 24.5 Å². The van der Waals surface area contributed by atoms with E-state index in [1.54, 1.807) is 6.33 Å². The summed E-state index contributed by atoms with van der Waals surface area (Å²) in [5.74, 6) is 0.625. The van der Waals surface area contributed by atoms with E-state index >= 15 is 0 Å². The number of aromatic amines is 1. The first-order valence-corrected chi connectivity index (χ1v) is 6.38. The van der Waals surface area contributed by atoms with Gasteiger partial charge in [-0.05, 0) is 30.7 Å². The van der Waals surface area contributed by atoms with E-state index in [0.29, 0.717) is 5.92 Å². The van der Waals surface area contributed by atoms with Gasteiger partial charge in [0.1, 0.15) is 0 Å². The van der Waals surface area contributed by atoms with Gasteiger partial charge in [0, 0.05) is 18.6 Å². The Morgan fingerprint density at radius 1 is 1.39 bits per heavy atom. The molecule has 0 bridgehead atoms. The molecule has 18 heavy (non-hydrogen) atoms. The number of fused-ring (bicyclic) bond motifs is 1. The van der Waals surface area contributed by atoms with Crippen LogP contribution in [0.5, 0.6) is 0 Å². The number of aliphatic hydroxyl groups excluding tert-OH is 1. The lowest BCUT2D eigenvalue weighted by Crippen LogP contribution is -2.31. The van der Waals surface area contributed by atoms with E-state index in [2.05, 4.69) is 41.3 Å². The van der Waals surface area contributed by atoms with E-state index in [0.717, 1.165) is 11.0 Å². The Balaban J connectivity index is 2.36. The molecule has 3 N–H and O–H groups in total. The molecule has 0 amide bonds. The van der Waals surface area contributed by atoms with Crippen LogP contribution in [0.3, 0.4) is 0 Å². The van der Waals surface area contributed by atoms with Gasteiger partial charge in [-0.25, -0.2) is 4.98 Å². The van der Waals surface area contributed by atoms with Gasteiger partial charge >= 0.3 is 0 Å². The van der Waals surface area contributed by atoms with Crippen molar-refractivity contribution in [2.75, 3.05) is 13.7 Å². The number of rotatable bonds is 5. The van der Waals surface area contributed by atoms with Crippen molar-refractivity contribution >= 4 is 11.0 Å². The number of aromatic nitrogens is 2. The Labute approximate surface area is 107 Å². The van der Waals surface area contributed by atoms with Crippen molar-refractivity contribution in [3.63, 3.8) is 0 Å². The van der Waals surface area contributed by atoms with Gasteiger partial charge in [0.05, 0.1) is 17.4 Å². The van der Waals surface area contributed by atoms with Gasteiger partial charge in [0.25, 0.3) is 0 Å². The van der Waals surface area contributed by atoms with Crippen LogP contribution in [0.1, 0.15) is 25.5 Å². The lowest BCUT2D eigenvalue weighted by Gasteiger charge is -2.28. The van der Waals surface area contributed by atoms with E-state index in [1.807, 2.05) is 13.1 Å². The molecule has 0 aliphatic heterocycles. The third-order valence-corrected chi connectivity index (χ3v) is 3.61. The average molecular weight is 247 g/mol. The van der Waals surface area contributed by atoms with E-state index in [4.69, 9.17) is 0 Å². The first kappa shape index (κ1) is 13.1. The number of H-pyrrole nitrogens is 1. The molecule has 0 radical (unpaired) electrons. The second-order valence-corrected chi connectivity index (χ2v) is 5.04. The smallest absolute Gasteiger partial charge is 0.0931 e. The number of benzene rings is 1. The first-order chi connectivity index (χ1) is 8.67. The second kappa shape index (κ2) is 5.50. The van der Waals surface area contributed by atoms with Crippen LogP contribution in [-0.4, -0.2) is 28.7 Å². The molecule has 2 rings (SSSR count). The summed E-state index contributed by atoms with van der Waals surface area (Å²) >= 11 is 0. The zero-order valence-corrected chi connectivity index (χ0v) is 11.1. The molecular formula is C14H21N3O. The SMILES string of the molecule is CNC(c1ccc2nc[nH]c2c1)C(CO)C(C)C. The summed E-state index contributed by atoms with van der Waals surface area (Å²) in [5.41, 5.74) is 3.19. The normalized spacial score (nSPS) is 15.2. The van der Waals surface area contributed by atoms with Gasteiger partial charge in [-0.1, -0.05) is 19.9 Å². The minimum atomic E-state index is 0.155. The van der Waals surface area contributed by atoms with Crippen LogP contribution in [-0.2, 0) is 0 Å². The quantitative estimate of drug-likeness (QED) is 0.758. The molecule has 0 saturated carbocycles. The Kier molecular flexibility index (Phi) is 3.99. The minimum Gasteiger partial charge on any atom is -0.396 e. The third kappa shape index (κ3) is 2.40. The Hall–Kier alpha value is -1.39. The maximum Gasteiger partial charge on any atom is 0.0931 e. The predicted octanol–water partition coefficient (Wildman–Crippen LogP) is 2.09. The molecule has 1 aromatic carbocycles. The molecule has 0 aliphatic carbocycles. The van der Waals surface area contributed by atoms with Gasteiger partial charge < -0.3 is 15.4 Å². The van der Waals surface area contributed by atoms with Crippen molar-refractivity contribution in [2.45, 2.75) is 19.9 Å². The van der Waals surface area contributed by atoms with E-state index in [1.165, 1.54) is 5.56 Å². The standard InChI is InChI=1S/C14H21N3O/c1-9(2)11(7-18)14(15-3)10-4-5-12-13(6-10)17-8-16-12/h4-6,8-9,11,14-15,18H,7H2,1-3H3,(H,16,17). The molecular weight excluding hydrogens is 226 g/mol. The molecule has 4 nitrogen and oxygen atoms in total. The fourth-order valence-corrected chi connectivity index (χ4v) is 2.48. The fraction of sp³-hybridized carbons (Fsp3) is 0.500. The number of hydrogen-bond donors (Lipinski definition) is 3. The van der Waals surface area contributed by atoms with E-state index in [9.17, 15) is 5.11 Å². The van der Waals surface area contributed by atoms with Crippen molar-refractivity contribution in [1.29, 1.82) is 0 Å². The molecule has 0 aliphatic rings. The highest BCUT2D eigenvalue weighted by molar-refractivity contribution is 5.75. The first-order valence-electron chi connectivity index (χ1n) is 6.38. The Bertz CT molecular complexity index is 506. The zero-order chi connectivity index (χ0) is 13.1. The molecule has 0 spiro atoms. The maximum absolute atomic E-state index is 9.57. The van der Waals surface area contributed by atoms with Gasteiger partial charge in [-0.2, -0.15) is 0 Å². The van der Waals surface area contributed by atoms with Crippen LogP contribution in [0.4, 0.5) is 0 Å². The highest BCUT2D eigenvalue weighted by Crippen LogP contribution is 2.28. The summed E-state index contributed by atoms with van der Waals surface area (Å²) < 4.78 is 0. The zero-order valence-electron chi connectivity index (χ0n) is 11.1. The number of nitrogens with zero attached hydrogens (tertiary/aromatic N) is 1. The van der Waals surface area contributed by atoms with Crippen molar-refractivity contribution in [3.05, 3.63) is 30.1 Å². The molecule has 2 unspecified atom stereocenters. The van der Waals surface area contributed by atoms with Crippen molar-refractivity contribution in [3.8, 4) is 0 Å². The topological polar surface area (TPSA) is 60.9 Å². The molecule has 4 heteroatoms. The molecule has 0 fully saturated rings. The van der Waals surface area contributed by atoms with E-state index in [-0.39, 0.29) is 18.6 Å². The van der Waals surface area contributed by atoms with Crippen molar-refractivity contribution in [2.24, 2.45) is 11.8 Å². The largest absolute Gasteiger partial charge is 0.396 e. The summed E-state index contributed by atoms with van der Waals surface area (Å²) in [6, 6.07) is 6.35. The van der Waals surface area contributed by atoms with Crippen molar-refractivity contribution in [1.82, 2.24) is 15.3 Å². The minimum absolute atomic E-state index is 0.155. The fourth-order valence-electron chi connectivity index (χ4n) is 2.48. The average Bonchev–Trinajstić information content (AvgIpc) is 2.82. The molecule has 2 aromatic rings. The number of imidazole rings is 1. The van der Waals surface area contributed by atoms with Crippen LogP contribution >= 0.6 is 0 Å².